The molecule has 0 spiro atoms. The number of imidazole rings is 1. The van der Waals surface area contributed by atoms with Gasteiger partial charge in [0, 0.05) is 36.2 Å². The lowest BCUT2D eigenvalue weighted by Crippen LogP contribution is -2.48. The van der Waals surface area contributed by atoms with E-state index in [1.807, 2.05) is 29.2 Å². The molecule has 6 rings (SSSR count). The van der Waals surface area contributed by atoms with E-state index in [0.29, 0.717) is 31.7 Å². The lowest BCUT2D eigenvalue weighted by molar-refractivity contribution is -0.141. The molecule has 9 heteroatoms. The second-order valence-corrected chi connectivity index (χ2v) is 9.89. The third kappa shape index (κ3) is 3.60. The highest BCUT2D eigenvalue weighted by Gasteiger charge is 2.43. The summed E-state index contributed by atoms with van der Waals surface area (Å²) in [5.74, 6) is 1.30. The number of nitrogens with one attached hydrogen (secondary N) is 2. The van der Waals surface area contributed by atoms with Crippen molar-refractivity contribution in [1.29, 1.82) is 5.26 Å². The molecule has 178 valence electrons. The van der Waals surface area contributed by atoms with Crippen LogP contribution in [-0.4, -0.2) is 49.0 Å². The highest BCUT2D eigenvalue weighted by molar-refractivity contribution is 6.07. The van der Waals surface area contributed by atoms with E-state index in [0.717, 1.165) is 71.1 Å². The van der Waals surface area contributed by atoms with Gasteiger partial charge in [-0.15, -0.1) is 0 Å². The summed E-state index contributed by atoms with van der Waals surface area (Å²) in [5.41, 5.74) is 9.67. The number of aromatic amines is 2. The second-order valence-electron chi connectivity index (χ2n) is 9.89. The van der Waals surface area contributed by atoms with Gasteiger partial charge in [0.1, 0.15) is 28.1 Å². The Morgan fingerprint density at radius 1 is 1.17 bits per heavy atom. The van der Waals surface area contributed by atoms with Gasteiger partial charge in [0.05, 0.1) is 17.3 Å². The number of anilines is 1. The maximum absolute atomic E-state index is 13.4. The van der Waals surface area contributed by atoms with Gasteiger partial charge < -0.3 is 15.6 Å². The largest absolute Gasteiger partial charge is 0.382 e. The van der Waals surface area contributed by atoms with Gasteiger partial charge in [-0.1, -0.05) is 25.3 Å². The Morgan fingerprint density at radius 2 is 2.03 bits per heavy atom. The summed E-state index contributed by atoms with van der Waals surface area (Å²) >= 11 is 0. The molecule has 0 radical (unpaired) electrons. The van der Waals surface area contributed by atoms with Crippen molar-refractivity contribution >= 4 is 33.7 Å². The van der Waals surface area contributed by atoms with Crippen LogP contribution < -0.4 is 5.73 Å². The molecule has 1 aromatic carbocycles. The molecule has 2 aliphatic rings. The van der Waals surface area contributed by atoms with Gasteiger partial charge in [-0.05, 0) is 43.9 Å². The number of pyridine rings is 1. The number of benzene rings is 1. The maximum atomic E-state index is 13.4. The molecule has 3 aromatic heterocycles. The first-order chi connectivity index (χ1) is 17.1. The molecular weight excluding hydrogens is 440 g/mol. The average Bonchev–Trinajstić information content (AvgIpc) is 3.60. The zero-order valence-corrected chi connectivity index (χ0v) is 19.5. The van der Waals surface area contributed by atoms with Crippen LogP contribution in [0.3, 0.4) is 0 Å². The minimum absolute atomic E-state index is 0.00141. The first-order valence-electron chi connectivity index (χ1n) is 12.4. The van der Waals surface area contributed by atoms with E-state index in [4.69, 9.17) is 10.7 Å². The lowest BCUT2D eigenvalue weighted by atomic mass is 9.74. The molecule has 1 aliphatic heterocycles. The quantitative estimate of drug-likeness (QED) is 0.410. The van der Waals surface area contributed by atoms with Crippen LogP contribution in [0.2, 0.25) is 0 Å². The highest BCUT2D eigenvalue weighted by atomic mass is 16.2. The van der Waals surface area contributed by atoms with Crippen LogP contribution in [0.5, 0.6) is 0 Å². The predicted molar refractivity (Wildman–Crippen MR) is 133 cm³/mol. The molecule has 0 bridgehead atoms. The van der Waals surface area contributed by atoms with Crippen molar-refractivity contribution in [1.82, 2.24) is 30.0 Å². The van der Waals surface area contributed by atoms with Crippen molar-refractivity contribution in [3.63, 3.8) is 0 Å². The molecule has 1 aliphatic carbocycles. The molecule has 1 saturated carbocycles. The van der Waals surface area contributed by atoms with E-state index in [-0.39, 0.29) is 11.8 Å². The summed E-state index contributed by atoms with van der Waals surface area (Å²) in [4.78, 5) is 28.3. The summed E-state index contributed by atoms with van der Waals surface area (Å²) in [6, 6.07) is 10.3. The minimum atomic E-state index is -0.856. The van der Waals surface area contributed by atoms with Gasteiger partial charge in [0.15, 0.2) is 0 Å². The van der Waals surface area contributed by atoms with Crippen molar-refractivity contribution in [2.24, 2.45) is 5.41 Å². The molecule has 4 heterocycles. The molecule has 0 unspecified atom stereocenters. The zero-order chi connectivity index (χ0) is 24.0. The maximum Gasteiger partial charge on any atom is 0.243 e. The number of nitrogen functional groups attached to an aromatic ring is 1. The molecule has 1 amide bonds. The summed E-state index contributed by atoms with van der Waals surface area (Å²) in [6.45, 7) is 1.26. The number of nitriles is 1. The first-order valence-corrected chi connectivity index (χ1v) is 12.4. The first kappa shape index (κ1) is 21.6. The lowest BCUT2D eigenvalue weighted by Gasteiger charge is -2.38. The van der Waals surface area contributed by atoms with Crippen LogP contribution in [0.15, 0.2) is 30.5 Å². The van der Waals surface area contributed by atoms with Crippen molar-refractivity contribution < 1.29 is 4.79 Å². The fourth-order valence-corrected chi connectivity index (χ4v) is 5.78. The number of amides is 1. The highest BCUT2D eigenvalue weighted by Crippen LogP contribution is 2.39. The molecule has 4 aromatic rings. The topological polar surface area (TPSA) is 140 Å². The van der Waals surface area contributed by atoms with Crippen LogP contribution in [-0.2, 0) is 4.79 Å². The Hall–Kier alpha value is -3.93. The van der Waals surface area contributed by atoms with E-state index >= 15 is 0 Å². The van der Waals surface area contributed by atoms with Gasteiger partial charge in [0.25, 0.3) is 0 Å². The molecule has 35 heavy (non-hydrogen) atoms. The van der Waals surface area contributed by atoms with Crippen LogP contribution in [0.4, 0.5) is 5.82 Å². The third-order valence-corrected chi connectivity index (χ3v) is 7.71. The normalized spacial score (nSPS) is 20.2. The Labute approximate surface area is 202 Å². The number of likely N-dealkylation sites (tertiary alicyclic amines) is 1. The Morgan fingerprint density at radius 3 is 2.80 bits per heavy atom. The fraction of sp³-hybridized carbons (Fsp3) is 0.423. The van der Waals surface area contributed by atoms with Crippen LogP contribution in [0.25, 0.3) is 33.2 Å². The van der Waals surface area contributed by atoms with Crippen LogP contribution >= 0.6 is 0 Å². The van der Waals surface area contributed by atoms with Crippen molar-refractivity contribution in [3.8, 4) is 17.3 Å². The van der Waals surface area contributed by atoms with Gasteiger partial charge >= 0.3 is 0 Å². The molecular formula is C26H28N8O. The summed E-state index contributed by atoms with van der Waals surface area (Å²) < 4.78 is 0. The van der Waals surface area contributed by atoms with Crippen molar-refractivity contribution in [2.75, 3.05) is 18.8 Å². The van der Waals surface area contributed by atoms with E-state index in [1.165, 1.54) is 0 Å². The monoisotopic (exact) mass is 468 g/mol. The number of rotatable bonds is 3. The smallest absolute Gasteiger partial charge is 0.243 e. The number of hydrogen-bond acceptors (Lipinski definition) is 6. The van der Waals surface area contributed by atoms with E-state index in [1.54, 1.807) is 6.20 Å². The number of hydrogen-bond donors (Lipinski definition) is 3. The van der Waals surface area contributed by atoms with Crippen LogP contribution in [0.1, 0.15) is 56.7 Å². The van der Waals surface area contributed by atoms with Crippen molar-refractivity contribution in [3.05, 3.63) is 36.3 Å². The number of nitrogens with zero attached hydrogens (tertiary/aromatic N) is 5. The minimum Gasteiger partial charge on any atom is -0.382 e. The fourth-order valence-electron chi connectivity index (χ4n) is 5.78. The molecule has 1 atom stereocenters. The SMILES string of the molecule is N#CC1(C(=O)N2CCC[C@H](c3nc4c([nH]3)c(N)nc3cc(-c5ccn[nH]5)ccc34)C2)CCCCC1. The van der Waals surface area contributed by atoms with E-state index in [2.05, 4.69) is 26.2 Å². The molecule has 1 saturated heterocycles. The van der Waals surface area contributed by atoms with Gasteiger partial charge in [-0.25, -0.2) is 9.97 Å². The second kappa shape index (κ2) is 8.38. The number of aromatic nitrogens is 5. The standard InChI is InChI=1S/C26H28N8O/c27-15-26(9-2-1-3-10-26)25(35)34-12-4-5-17(14-34)24-31-21-18-7-6-16(19-8-11-29-33-19)13-20(18)30-23(28)22(21)32-24/h6-8,11,13,17H,1-5,9-10,12,14H2,(H2,28,30)(H,29,33)(H,31,32)/t17-/m0/s1. The van der Waals surface area contributed by atoms with E-state index in [9.17, 15) is 10.1 Å². The number of fused-ring (bicyclic) bond motifs is 3. The Bertz CT molecular complexity index is 1440. The molecule has 4 N–H and O–H groups in total. The van der Waals surface area contributed by atoms with Gasteiger partial charge in [-0.3, -0.25) is 9.89 Å². The molecule has 2 fully saturated rings. The van der Waals surface area contributed by atoms with Crippen LogP contribution in [0, 0.1) is 16.7 Å². The summed E-state index contributed by atoms with van der Waals surface area (Å²) in [7, 11) is 0. The molecule has 9 nitrogen and oxygen atoms in total. The number of H-pyrrole nitrogens is 2. The number of carbonyl (C=O) groups is 1. The Kier molecular flexibility index (Phi) is 5.17. The van der Waals surface area contributed by atoms with Gasteiger partial charge in [-0.2, -0.15) is 10.4 Å². The van der Waals surface area contributed by atoms with Gasteiger partial charge in [0.2, 0.25) is 5.91 Å². The van der Waals surface area contributed by atoms with E-state index < -0.39 is 5.41 Å². The summed E-state index contributed by atoms with van der Waals surface area (Å²) in [5, 5.41) is 17.8. The number of carbonyl (C=O) groups excluding carboxylic acids is 1. The Balaban J connectivity index is 1.32. The number of piperidine rings is 1. The zero-order valence-electron chi connectivity index (χ0n) is 19.5. The third-order valence-electron chi connectivity index (χ3n) is 7.71. The average molecular weight is 469 g/mol. The predicted octanol–water partition coefficient (Wildman–Crippen LogP) is 4.26. The summed E-state index contributed by atoms with van der Waals surface area (Å²) in [6.07, 6.45) is 7.87. The number of nitrogens with two attached hydrogens (primary N) is 1. The van der Waals surface area contributed by atoms with Crippen molar-refractivity contribution in [2.45, 2.75) is 50.9 Å².